The van der Waals surface area contributed by atoms with Crippen LogP contribution < -0.4 is 9.46 Å². The minimum Gasteiger partial charge on any atom is -0.495 e. The Labute approximate surface area is 125 Å². The summed E-state index contributed by atoms with van der Waals surface area (Å²) in [7, 11) is -2.23. The van der Waals surface area contributed by atoms with Crippen molar-refractivity contribution >= 4 is 15.7 Å². The maximum atomic E-state index is 12.6. The number of methoxy groups -OCH3 is 1. The van der Waals surface area contributed by atoms with Crippen molar-refractivity contribution < 1.29 is 13.2 Å². The molecule has 2 rings (SSSR count). The van der Waals surface area contributed by atoms with E-state index in [4.69, 9.17) is 4.74 Å². The summed E-state index contributed by atoms with van der Waals surface area (Å²) in [6.45, 7) is 5.63. The van der Waals surface area contributed by atoms with Crippen molar-refractivity contribution in [2.24, 2.45) is 0 Å². The first kappa shape index (κ1) is 15.4. The second-order valence-electron chi connectivity index (χ2n) is 5.08. The van der Waals surface area contributed by atoms with E-state index in [1.807, 2.05) is 45.0 Å². The number of benzene rings is 2. The zero-order chi connectivity index (χ0) is 15.6. The predicted molar refractivity (Wildman–Crippen MR) is 84.5 cm³/mol. The highest BCUT2D eigenvalue weighted by molar-refractivity contribution is 7.92. The molecule has 112 valence electrons. The van der Waals surface area contributed by atoms with Crippen LogP contribution in [0.5, 0.6) is 5.75 Å². The molecule has 0 fully saturated rings. The summed E-state index contributed by atoms with van der Waals surface area (Å²) in [5, 5.41) is 0. The maximum absolute atomic E-state index is 12.6. The Morgan fingerprint density at radius 1 is 0.952 bits per heavy atom. The first-order chi connectivity index (χ1) is 9.83. The summed E-state index contributed by atoms with van der Waals surface area (Å²) in [5.74, 6) is 0.332. The molecular formula is C16H19NO3S. The topological polar surface area (TPSA) is 55.4 Å². The van der Waals surface area contributed by atoms with E-state index < -0.39 is 10.0 Å². The lowest BCUT2D eigenvalue weighted by Crippen LogP contribution is -2.15. The van der Waals surface area contributed by atoms with Crippen LogP contribution in [0.2, 0.25) is 0 Å². The maximum Gasteiger partial charge on any atom is 0.265 e. The van der Waals surface area contributed by atoms with Crippen molar-refractivity contribution in [3.05, 3.63) is 53.1 Å². The Morgan fingerprint density at radius 3 is 2.24 bits per heavy atom. The molecule has 0 heterocycles. The van der Waals surface area contributed by atoms with Crippen LogP contribution in [0.15, 0.2) is 41.3 Å². The van der Waals surface area contributed by atoms with E-state index in [0.717, 1.165) is 16.7 Å². The summed E-state index contributed by atoms with van der Waals surface area (Å²) >= 11 is 0. The van der Waals surface area contributed by atoms with Gasteiger partial charge in [-0.1, -0.05) is 18.2 Å². The molecular weight excluding hydrogens is 286 g/mol. The molecule has 2 aromatic rings. The van der Waals surface area contributed by atoms with E-state index in [0.29, 0.717) is 11.4 Å². The molecule has 0 saturated heterocycles. The molecule has 0 saturated carbocycles. The third kappa shape index (κ3) is 3.36. The van der Waals surface area contributed by atoms with Crippen molar-refractivity contribution in [2.75, 3.05) is 11.8 Å². The third-order valence-corrected chi connectivity index (χ3v) is 4.63. The lowest BCUT2D eigenvalue weighted by molar-refractivity contribution is 0.402. The van der Waals surface area contributed by atoms with Crippen LogP contribution in [-0.2, 0) is 10.0 Å². The molecule has 0 unspecified atom stereocenters. The summed E-state index contributed by atoms with van der Waals surface area (Å²) < 4.78 is 33.0. The Bertz CT molecular complexity index is 767. The van der Waals surface area contributed by atoms with E-state index in [-0.39, 0.29) is 4.90 Å². The average Bonchev–Trinajstić information content (AvgIpc) is 2.42. The Balaban J connectivity index is 2.48. The van der Waals surface area contributed by atoms with Crippen LogP contribution in [0.25, 0.3) is 0 Å². The number of hydrogen-bond donors (Lipinski definition) is 1. The molecule has 0 aliphatic carbocycles. The highest BCUT2D eigenvalue weighted by Gasteiger charge is 2.20. The van der Waals surface area contributed by atoms with Gasteiger partial charge in [0.05, 0.1) is 12.8 Å². The lowest BCUT2D eigenvalue weighted by Gasteiger charge is -2.14. The molecule has 5 heteroatoms. The molecule has 0 amide bonds. The van der Waals surface area contributed by atoms with Gasteiger partial charge in [-0.25, -0.2) is 8.42 Å². The number of nitrogens with one attached hydrogen (secondary N) is 1. The van der Waals surface area contributed by atoms with Gasteiger partial charge in [-0.15, -0.1) is 0 Å². The van der Waals surface area contributed by atoms with Gasteiger partial charge in [0, 0.05) is 0 Å². The van der Waals surface area contributed by atoms with Crippen molar-refractivity contribution in [3.8, 4) is 5.75 Å². The standard InChI is InChI=1S/C16H19NO3S/c1-11-5-7-13(3)14(9-11)17-21(18,19)16-10-12(2)6-8-15(16)20-4/h5-10,17H,1-4H3. The van der Waals surface area contributed by atoms with E-state index in [1.165, 1.54) is 7.11 Å². The zero-order valence-electron chi connectivity index (χ0n) is 12.6. The SMILES string of the molecule is COc1ccc(C)cc1S(=O)(=O)Nc1cc(C)ccc1C. The van der Waals surface area contributed by atoms with Gasteiger partial charge in [0.2, 0.25) is 0 Å². The minimum atomic E-state index is -3.69. The summed E-state index contributed by atoms with van der Waals surface area (Å²) in [6, 6.07) is 10.7. The summed E-state index contributed by atoms with van der Waals surface area (Å²) in [6.07, 6.45) is 0. The number of hydrogen-bond acceptors (Lipinski definition) is 3. The van der Waals surface area contributed by atoms with Crippen LogP contribution in [0.3, 0.4) is 0 Å². The lowest BCUT2D eigenvalue weighted by atomic mass is 10.1. The highest BCUT2D eigenvalue weighted by atomic mass is 32.2. The molecule has 2 aromatic carbocycles. The van der Waals surface area contributed by atoms with Crippen LogP contribution >= 0.6 is 0 Å². The van der Waals surface area contributed by atoms with E-state index in [1.54, 1.807) is 12.1 Å². The van der Waals surface area contributed by atoms with Gasteiger partial charge in [-0.3, -0.25) is 4.72 Å². The molecule has 1 N–H and O–H groups in total. The fraction of sp³-hybridized carbons (Fsp3) is 0.250. The number of aryl methyl sites for hydroxylation is 3. The minimum absolute atomic E-state index is 0.144. The van der Waals surface area contributed by atoms with Gasteiger partial charge in [-0.05, 0) is 55.7 Å². The van der Waals surface area contributed by atoms with Gasteiger partial charge in [0.15, 0.2) is 0 Å². The molecule has 0 radical (unpaired) electrons. The smallest absolute Gasteiger partial charge is 0.265 e. The van der Waals surface area contributed by atoms with Crippen LogP contribution in [0, 0.1) is 20.8 Å². The van der Waals surface area contributed by atoms with Crippen molar-refractivity contribution in [2.45, 2.75) is 25.7 Å². The Hall–Kier alpha value is -2.01. The quantitative estimate of drug-likeness (QED) is 0.941. The van der Waals surface area contributed by atoms with Gasteiger partial charge < -0.3 is 4.74 Å². The Kier molecular flexibility index (Phi) is 4.23. The number of anilines is 1. The van der Waals surface area contributed by atoms with Gasteiger partial charge in [0.25, 0.3) is 10.0 Å². The predicted octanol–water partition coefficient (Wildman–Crippen LogP) is 3.42. The molecule has 21 heavy (non-hydrogen) atoms. The first-order valence-corrected chi connectivity index (χ1v) is 8.06. The van der Waals surface area contributed by atoms with Gasteiger partial charge in [0.1, 0.15) is 10.6 Å². The van der Waals surface area contributed by atoms with Gasteiger partial charge >= 0.3 is 0 Å². The molecule has 4 nitrogen and oxygen atoms in total. The molecule has 0 aliphatic rings. The molecule has 0 atom stereocenters. The largest absolute Gasteiger partial charge is 0.495 e. The summed E-state index contributed by atoms with van der Waals surface area (Å²) in [4.78, 5) is 0.144. The highest BCUT2D eigenvalue weighted by Crippen LogP contribution is 2.28. The number of ether oxygens (including phenoxy) is 1. The van der Waals surface area contributed by atoms with Crippen molar-refractivity contribution in [3.63, 3.8) is 0 Å². The molecule has 0 spiro atoms. The normalized spacial score (nSPS) is 11.2. The number of sulfonamides is 1. The zero-order valence-corrected chi connectivity index (χ0v) is 13.4. The summed E-state index contributed by atoms with van der Waals surface area (Å²) in [5.41, 5.74) is 3.31. The third-order valence-electron chi connectivity index (χ3n) is 3.25. The number of rotatable bonds is 4. The second-order valence-corrected chi connectivity index (χ2v) is 6.73. The Morgan fingerprint density at radius 2 is 1.57 bits per heavy atom. The first-order valence-electron chi connectivity index (χ1n) is 6.58. The van der Waals surface area contributed by atoms with E-state index >= 15 is 0 Å². The molecule has 0 aromatic heterocycles. The van der Waals surface area contributed by atoms with Crippen LogP contribution in [0.1, 0.15) is 16.7 Å². The average molecular weight is 305 g/mol. The monoisotopic (exact) mass is 305 g/mol. The second kappa shape index (κ2) is 5.77. The molecule has 0 bridgehead atoms. The van der Waals surface area contributed by atoms with Gasteiger partial charge in [-0.2, -0.15) is 0 Å². The fourth-order valence-electron chi connectivity index (χ4n) is 2.04. The van der Waals surface area contributed by atoms with Crippen molar-refractivity contribution in [1.29, 1.82) is 0 Å². The van der Waals surface area contributed by atoms with Crippen LogP contribution in [0.4, 0.5) is 5.69 Å². The van der Waals surface area contributed by atoms with Crippen molar-refractivity contribution in [1.82, 2.24) is 0 Å². The molecule has 0 aliphatic heterocycles. The van der Waals surface area contributed by atoms with E-state index in [9.17, 15) is 8.42 Å². The van der Waals surface area contributed by atoms with E-state index in [2.05, 4.69) is 4.72 Å². The van der Waals surface area contributed by atoms with Crippen LogP contribution in [-0.4, -0.2) is 15.5 Å². The fourth-order valence-corrected chi connectivity index (χ4v) is 3.42.